The maximum atomic E-state index is 13.4. The van der Waals surface area contributed by atoms with Crippen LogP contribution in [0.25, 0.3) is 10.9 Å². The minimum atomic E-state index is -4.38. The lowest BCUT2D eigenvalue weighted by molar-refractivity contribution is -0.138. The molecule has 1 fully saturated rings. The average molecular weight is 412 g/mol. The van der Waals surface area contributed by atoms with Crippen molar-refractivity contribution in [3.05, 3.63) is 70.9 Å². The summed E-state index contributed by atoms with van der Waals surface area (Å²) >= 11 is 0. The van der Waals surface area contributed by atoms with Crippen molar-refractivity contribution in [1.29, 1.82) is 0 Å². The van der Waals surface area contributed by atoms with Crippen LogP contribution < -0.4 is 0 Å². The Morgan fingerprint density at radius 3 is 2.40 bits per heavy atom. The molecular weight excluding hydrogens is 389 g/mol. The van der Waals surface area contributed by atoms with Crippen molar-refractivity contribution in [3.63, 3.8) is 0 Å². The normalized spacial score (nSPS) is 20.0. The molecule has 1 N–H and O–H groups in total. The number of H-pyrrole nitrogens is 1. The Hall–Kier alpha value is -2.76. The molecule has 1 aliphatic heterocycles. The quantitative estimate of drug-likeness (QED) is 0.563. The second kappa shape index (κ2) is 7.18. The van der Waals surface area contributed by atoms with E-state index in [1.807, 2.05) is 23.1 Å². The van der Waals surface area contributed by atoms with Crippen LogP contribution in [0.2, 0.25) is 0 Å². The molecule has 0 bridgehead atoms. The Labute approximate surface area is 172 Å². The molecule has 1 aromatic heterocycles. The minimum Gasteiger partial charge on any atom is -0.356 e. The van der Waals surface area contributed by atoms with Crippen LogP contribution in [-0.2, 0) is 17.4 Å². The Morgan fingerprint density at radius 1 is 1.00 bits per heavy atom. The summed E-state index contributed by atoms with van der Waals surface area (Å²) in [5, 5.41) is 1.12. The van der Waals surface area contributed by atoms with Gasteiger partial charge in [-0.2, -0.15) is 13.2 Å². The van der Waals surface area contributed by atoms with Crippen molar-refractivity contribution in [1.82, 2.24) is 9.88 Å². The van der Waals surface area contributed by atoms with Gasteiger partial charge in [-0.3, -0.25) is 4.79 Å². The first kappa shape index (κ1) is 19.2. The Morgan fingerprint density at radius 2 is 1.70 bits per heavy atom. The van der Waals surface area contributed by atoms with Gasteiger partial charge < -0.3 is 9.88 Å². The van der Waals surface area contributed by atoms with Crippen LogP contribution in [0.5, 0.6) is 0 Å². The zero-order valence-electron chi connectivity index (χ0n) is 16.5. The molecule has 3 nitrogen and oxygen atoms in total. The fraction of sp³-hybridized carbons (Fsp3) is 0.375. The summed E-state index contributed by atoms with van der Waals surface area (Å²) in [7, 11) is 0. The molecule has 2 aromatic carbocycles. The van der Waals surface area contributed by atoms with Gasteiger partial charge in [-0.15, -0.1) is 0 Å². The summed E-state index contributed by atoms with van der Waals surface area (Å²) in [6, 6.07) is 12.9. The Bertz CT molecular complexity index is 1080. The van der Waals surface area contributed by atoms with E-state index in [9.17, 15) is 18.0 Å². The van der Waals surface area contributed by atoms with E-state index in [4.69, 9.17) is 0 Å². The van der Waals surface area contributed by atoms with Crippen LogP contribution in [-0.4, -0.2) is 22.3 Å². The third-order valence-corrected chi connectivity index (χ3v) is 6.58. The van der Waals surface area contributed by atoms with Gasteiger partial charge in [0.25, 0.3) is 0 Å². The van der Waals surface area contributed by atoms with E-state index < -0.39 is 17.8 Å². The molecule has 3 aromatic rings. The predicted octanol–water partition coefficient (Wildman–Crippen LogP) is 5.85. The van der Waals surface area contributed by atoms with E-state index in [1.54, 1.807) is 0 Å². The van der Waals surface area contributed by atoms with Crippen LogP contribution in [0.1, 0.15) is 54.1 Å². The third kappa shape index (κ3) is 3.18. The lowest BCUT2D eigenvalue weighted by atomic mass is 9.90. The van der Waals surface area contributed by atoms with Gasteiger partial charge in [0, 0.05) is 29.1 Å². The molecule has 1 amide bonds. The fourth-order valence-corrected chi connectivity index (χ4v) is 5.09. The van der Waals surface area contributed by atoms with Crippen LogP contribution in [0.15, 0.2) is 48.5 Å². The summed E-state index contributed by atoms with van der Waals surface area (Å²) in [5.74, 6) is 0.148. The number of hydrogen-bond donors (Lipinski definition) is 1. The number of aromatic amines is 1. The first-order valence-electron chi connectivity index (χ1n) is 10.5. The standard InChI is InChI=1S/C24H23F3N2O/c25-24(26,27)17-11-9-15(10-12-17)22-21-19(18-7-3-4-8-20(18)28-21)13-14-29(22)23(30)16-5-1-2-6-16/h3-4,7-12,16,22,28H,1-2,5-6,13-14H2. The summed E-state index contributed by atoms with van der Waals surface area (Å²) in [6.07, 6.45) is 0.286. The molecule has 2 aliphatic rings. The number of alkyl halides is 3. The summed E-state index contributed by atoms with van der Waals surface area (Å²) in [6.45, 7) is 0.579. The zero-order chi connectivity index (χ0) is 20.9. The number of para-hydroxylation sites is 1. The average Bonchev–Trinajstić information content (AvgIpc) is 3.40. The number of nitrogens with zero attached hydrogens (tertiary/aromatic N) is 1. The molecule has 1 aliphatic carbocycles. The van der Waals surface area contributed by atoms with Crippen LogP contribution in [0, 0.1) is 5.92 Å². The molecule has 30 heavy (non-hydrogen) atoms. The topological polar surface area (TPSA) is 36.1 Å². The predicted molar refractivity (Wildman–Crippen MR) is 109 cm³/mol. The Kier molecular flexibility index (Phi) is 4.60. The molecule has 1 atom stereocenters. The number of amides is 1. The van der Waals surface area contributed by atoms with Gasteiger partial charge in [-0.1, -0.05) is 43.2 Å². The fourth-order valence-electron chi connectivity index (χ4n) is 5.09. The van der Waals surface area contributed by atoms with E-state index in [2.05, 4.69) is 11.1 Å². The summed E-state index contributed by atoms with van der Waals surface area (Å²) in [5.41, 5.74) is 3.11. The number of rotatable bonds is 2. The maximum absolute atomic E-state index is 13.4. The number of benzene rings is 2. The summed E-state index contributed by atoms with van der Waals surface area (Å²) in [4.78, 5) is 18.7. The van der Waals surface area contributed by atoms with Crippen LogP contribution in [0.4, 0.5) is 13.2 Å². The van der Waals surface area contributed by atoms with E-state index >= 15 is 0 Å². The van der Waals surface area contributed by atoms with Crippen molar-refractivity contribution in [2.45, 2.75) is 44.3 Å². The smallest absolute Gasteiger partial charge is 0.356 e. The highest BCUT2D eigenvalue weighted by Gasteiger charge is 2.38. The minimum absolute atomic E-state index is 0.0212. The molecule has 156 valence electrons. The molecular formula is C24H23F3N2O. The highest BCUT2D eigenvalue weighted by atomic mass is 19.4. The number of fused-ring (bicyclic) bond motifs is 3. The molecule has 1 saturated carbocycles. The first-order valence-corrected chi connectivity index (χ1v) is 10.5. The van der Waals surface area contributed by atoms with E-state index in [-0.39, 0.29) is 11.8 Å². The lowest BCUT2D eigenvalue weighted by Gasteiger charge is -2.38. The van der Waals surface area contributed by atoms with Crippen molar-refractivity contribution in [3.8, 4) is 0 Å². The van der Waals surface area contributed by atoms with Gasteiger partial charge in [0.05, 0.1) is 11.6 Å². The van der Waals surface area contributed by atoms with Crippen molar-refractivity contribution >= 4 is 16.8 Å². The van der Waals surface area contributed by atoms with Crippen molar-refractivity contribution in [2.24, 2.45) is 5.92 Å². The largest absolute Gasteiger partial charge is 0.416 e. The molecule has 2 heterocycles. The second-order valence-corrected chi connectivity index (χ2v) is 8.35. The summed E-state index contributed by atoms with van der Waals surface area (Å²) < 4.78 is 39.2. The lowest BCUT2D eigenvalue weighted by Crippen LogP contribution is -2.43. The number of nitrogens with one attached hydrogen (secondary N) is 1. The van der Waals surface area contributed by atoms with Crippen LogP contribution in [0.3, 0.4) is 0 Å². The second-order valence-electron chi connectivity index (χ2n) is 8.35. The van der Waals surface area contributed by atoms with Gasteiger partial charge in [-0.05, 0) is 48.6 Å². The van der Waals surface area contributed by atoms with Gasteiger partial charge in [0.15, 0.2) is 0 Å². The zero-order valence-corrected chi connectivity index (χ0v) is 16.5. The molecule has 6 heteroatoms. The molecule has 1 unspecified atom stereocenters. The van der Waals surface area contributed by atoms with E-state index in [0.29, 0.717) is 12.1 Å². The van der Waals surface area contributed by atoms with Crippen LogP contribution >= 0.6 is 0 Å². The first-order chi connectivity index (χ1) is 14.4. The van der Waals surface area contributed by atoms with E-state index in [1.165, 1.54) is 12.1 Å². The molecule has 0 radical (unpaired) electrons. The number of aromatic nitrogens is 1. The molecule has 5 rings (SSSR count). The molecule has 0 saturated heterocycles. The monoisotopic (exact) mass is 412 g/mol. The number of hydrogen-bond acceptors (Lipinski definition) is 1. The highest BCUT2D eigenvalue weighted by molar-refractivity contribution is 5.87. The third-order valence-electron chi connectivity index (χ3n) is 6.58. The maximum Gasteiger partial charge on any atom is 0.416 e. The molecule has 0 spiro atoms. The van der Waals surface area contributed by atoms with Gasteiger partial charge in [-0.25, -0.2) is 0 Å². The Balaban J connectivity index is 1.61. The highest BCUT2D eigenvalue weighted by Crippen LogP contribution is 2.41. The van der Waals surface area contributed by atoms with Gasteiger partial charge in [0.1, 0.15) is 0 Å². The SMILES string of the molecule is O=C(C1CCCC1)N1CCc2c([nH]c3ccccc23)C1c1ccc(C(F)(F)F)cc1. The van der Waals surface area contributed by atoms with Gasteiger partial charge in [0.2, 0.25) is 5.91 Å². The van der Waals surface area contributed by atoms with Gasteiger partial charge >= 0.3 is 6.18 Å². The number of carbonyl (C=O) groups is 1. The van der Waals surface area contributed by atoms with E-state index in [0.717, 1.165) is 66.4 Å². The van der Waals surface area contributed by atoms with Crippen molar-refractivity contribution in [2.75, 3.05) is 6.54 Å². The number of halogens is 3. The van der Waals surface area contributed by atoms with Crippen molar-refractivity contribution < 1.29 is 18.0 Å². The number of carbonyl (C=O) groups excluding carboxylic acids is 1.